The van der Waals surface area contributed by atoms with Gasteiger partial charge in [0.05, 0.1) is 22.7 Å². The lowest BCUT2D eigenvalue weighted by Gasteiger charge is -2.10. The SMILES string of the molecule is O=C(Cc1c(S)cccc1C(=O)O)Nc1ccccc1Cl. The first-order valence-electron chi connectivity index (χ1n) is 6.07. The van der Waals surface area contributed by atoms with Crippen LogP contribution in [0.5, 0.6) is 0 Å². The first kappa shape index (κ1) is 15.4. The van der Waals surface area contributed by atoms with Crippen LogP contribution in [-0.4, -0.2) is 17.0 Å². The summed E-state index contributed by atoms with van der Waals surface area (Å²) in [6.07, 6.45) is -0.0907. The summed E-state index contributed by atoms with van der Waals surface area (Å²) in [7, 11) is 0. The van der Waals surface area contributed by atoms with Gasteiger partial charge in [-0.2, -0.15) is 0 Å². The predicted octanol–water partition coefficient (Wildman–Crippen LogP) is 3.51. The van der Waals surface area contributed by atoms with Gasteiger partial charge in [0.1, 0.15) is 0 Å². The fourth-order valence-corrected chi connectivity index (χ4v) is 2.35. The van der Waals surface area contributed by atoms with Crippen LogP contribution in [0, 0.1) is 0 Å². The molecule has 108 valence electrons. The van der Waals surface area contributed by atoms with Crippen LogP contribution in [0.15, 0.2) is 47.4 Å². The number of amides is 1. The Labute approximate surface area is 132 Å². The minimum Gasteiger partial charge on any atom is -0.478 e. The summed E-state index contributed by atoms with van der Waals surface area (Å²) in [6, 6.07) is 11.5. The molecule has 0 heterocycles. The lowest BCUT2D eigenvalue weighted by atomic mass is 10.0. The van der Waals surface area contributed by atoms with E-state index in [9.17, 15) is 9.59 Å². The summed E-state index contributed by atoms with van der Waals surface area (Å²) in [5, 5.41) is 12.2. The van der Waals surface area contributed by atoms with Crippen LogP contribution >= 0.6 is 24.2 Å². The molecule has 0 fully saturated rings. The molecule has 0 saturated carbocycles. The van der Waals surface area contributed by atoms with Crippen molar-refractivity contribution >= 4 is 41.8 Å². The zero-order valence-corrected chi connectivity index (χ0v) is 12.5. The Morgan fingerprint density at radius 3 is 2.52 bits per heavy atom. The van der Waals surface area contributed by atoms with Crippen LogP contribution in [0.4, 0.5) is 5.69 Å². The molecule has 0 bridgehead atoms. The molecule has 2 N–H and O–H groups in total. The number of hydrogen-bond acceptors (Lipinski definition) is 3. The van der Waals surface area contributed by atoms with E-state index in [1.54, 1.807) is 36.4 Å². The highest BCUT2D eigenvalue weighted by Gasteiger charge is 2.16. The van der Waals surface area contributed by atoms with Crippen molar-refractivity contribution in [1.82, 2.24) is 0 Å². The molecule has 0 spiro atoms. The summed E-state index contributed by atoms with van der Waals surface area (Å²) < 4.78 is 0. The third kappa shape index (κ3) is 3.77. The maximum Gasteiger partial charge on any atom is 0.336 e. The zero-order chi connectivity index (χ0) is 15.4. The third-order valence-electron chi connectivity index (χ3n) is 2.87. The van der Waals surface area contributed by atoms with E-state index in [2.05, 4.69) is 17.9 Å². The molecule has 2 aromatic carbocycles. The van der Waals surface area contributed by atoms with Crippen molar-refractivity contribution in [2.45, 2.75) is 11.3 Å². The van der Waals surface area contributed by atoms with Gasteiger partial charge in [-0.15, -0.1) is 12.6 Å². The number of carbonyl (C=O) groups excluding carboxylic acids is 1. The Kier molecular flexibility index (Phi) is 4.88. The van der Waals surface area contributed by atoms with Crippen molar-refractivity contribution in [3.8, 4) is 0 Å². The number of thiol groups is 1. The Bertz CT molecular complexity index is 703. The van der Waals surface area contributed by atoms with Crippen LogP contribution in [0.25, 0.3) is 0 Å². The van der Waals surface area contributed by atoms with Crippen LogP contribution in [0.1, 0.15) is 15.9 Å². The highest BCUT2D eigenvalue weighted by atomic mass is 35.5. The van der Waals surface area contributed by atoms with E-state index >= 15 is 0 Å². The zero-order valence-electron chi connectivity index (χ0n) is 10.8. The first-order chi connectivity index (χ1) is 9.99. The number of hydrogen-bond donors (Lipinski definition) is 3. The molecular weight excluding hydrogens is 310 g/mol. The summed E-state index contributed by atoms with van der Waals surface area (Å²) in [5.41, 5.74) is 0.924. The number of anilines is 1. The average Bonchev–Trinajstić information content (AvgIpc) is 2.43. The molecule has 6 heteroatoms. The van der Waals surface area contributed by atoms with E-state index in [0.717, 1.165) is 0 Å². The fourth-order valence-electron chi connectivity index (χ4n) is 1.88. The second-order valence-electron chi connectivity index (χ2n) is 4.31. The van der Waals surface area contributed by atoms with Crippen LogP contribution in [0.2, 0.25) is 5.02 Å². The lowest BCUT2D eigenvalue weighted by Crippen LogP contribution is -2.17. The van der Waals surface area contributed by atoms with Gasteiger partial charge in [0.2, 0.25) is 5.91 Å². The fraction of sp³-hybridized carbons (Fsp3) is 0.0667. The Balaban J connectivity index is 2.21. The number of halogens is 1. The van der Waals surface area contributed by atoms with Gasteiger partial charge in [-0.05, 0) is 29.8 Å². The molecule has 0 aliphatic rings. The van der Waals surface area contributed by atoms with Gasteiger partial charge in [-0.1, -0.05) is 29.8 Å². The van der Waals surface area contributed by atoms with Gasteiger partial charge in [0, 0.05) is 4.90 Å². The van der Waals surface area contributed by atoms with E-state index < -0.39 is 5.97 Å². The van der Waals surface area contributed by atoms with E-state index in [-0.39, 0.29) is 17.9 Å². The predicted molar refractivity (Wildman–Crippen MR) is 84.4 cm³/mol. The summed E-state index contributed by atoms with van der Waals surface area (Å²) in [6.45, 7) is 0. The number of rotatable bonds is 4. The molecule has 0 atom stereocenters. The van der Waals surface area contributed by atoms with E-state index in [4.69, 9.17) is 16.7 Å². The smallest absolute Gasteiger partial charge is 0.336 e. The van der Waals surface area contributed by atoms with Gasteiger partial charge in [0.25, 0.3) is 0 Å². The summed E-state index contributed by atoms with van der Waals surface area (Å²) in [4.78, 5) is 23.7. The Morgan fingerprint density at radius 2 is 1.86 bits per heavy atom. The van der Waals surface area contributed by atoms with Gasteiger partial charge in [0.15, 0.2) is 0 Å². The van der Waals surface area contributed by atoms with Crippen molar-refractivity contribution in [3.05, 3.63) is 58.6 Å². The molecule has 0 aliphatic heterocycles. The van der Waals surface area contributed by atoms with Crippen molar-refractivity contribution in [1.29, 1.82) is 0 Å². The van der Waals surface area contributed by atoms with Gasteiger partial charge in [-0.25, -0.2) is 4.79 Å². The number of carbonyl (C=O) groups is 2. The molecule has 0 radical (unpaired) electrons. The monoisotopic (exact) mass is 321 g/mol. The molecule has 4 nitrogen and oxygen atoms in total. The van der Waals surface area contributed by atoms with Crippen molar-refractivity contribution < 1.29 is 14.7 Å². The normalized spacial score (nSPS) is 10.2. The molecule has 1 amide bonds. The standard InChI is InChI=1S/C15H12ClNO3S/c16-11-5-1-2-6-12(11)17-14(18)8-10-9(15(19)20)4-3-7-13(10)21/h1-7,21H,8H2,(H,17,18)(H,19,20). The quantitative estimate of drug-likeness (QED) is 0.755. The molecular formula is C15H12ClNO3S. The van der Waals surface area contributed by atoms with Crippen LogP contribution < -0.4 is 5.32 Å². The molecule has 21 heavy (non-hydrogen) atoms. The second kappa shape index (κ2) is 6.65. The Hall–Kier alpha value is -1.98. The number of carboxylic acids is 1. The maximum atomic E-state index is 12.1. The lowest BCUT2D eigenvalue weighted by molar-refractivity contribution is -0.115. The minimum atomic E-state index is -1.09. The third-order valence-corrected chi connectivity index (χ3v) is 3.62. The highest BCUT2D eigenvalue weighted by Crippen LogP contribution is 2.23. The molecule has 0 aliphatic carbocycles. The molecule has 0 aromatic heterocycles. The van der Waals surface area contributed by atoms with Crippen molar-refractivity contribution in [2.24, 2.45) is 0 Å². The molecule has 0 saturated heterocycles. The first-order valence-corrected chi connectivity index (χ1v) is 6.90. The van der Waals surface area contributed by atoms with Crippen molar-refractivity contribution in [2.75, 3.05) is 5.32 Å². The average molecular weight is 322 g/mol. The topological polar surface area (TPSA) is 66.4 Å². The summed E-state index contributed by atoms with van der Waals surface area (Å²) >= 11 is 10.2. The minimum absolute atomic E-state index is 0.0665. The number of para-hydroxylation sites is 1. The van der Waals surface area contributed by atoms with Gasteiger partial charge >= 0.3 is 5.97 Å². The number of carboxylic acid groups (broad SMARTS) is 1. The molecule has 2 aromatic rings. The van der Waals surface area contributed by atoms with E-state index in [1.807, 2.05) is 0 Å². The molecule has 0 unspecified atom stereocenters. The second-order valence-corrected chi connectivity index (χ2v) is 5.20. The summed E-state index contributed by atoms with van der Waals surface area (Å²) in [5.74, 6) is -1.45. The largest absolute Gasteiger partial charge is 0.478 e. The van der Waals surface area contributed by atoms with Gasteiger partial charge < -0.3 is 10.4 Å². The maximum absolute atomic E-state index is 12.1. The number of benzene rings is 2. The van der Waals surface area contributed by atoms with Crippen LogP contribution in [0.3, 0.4) is 0 Å². The number of nitrogens with one attached hydrogen (secondary N) is 1. The molecule has 2 rings (SSSR count). The number of aromatic carboxylic acids is 1. The van der Waals surface area contributed by atoms with Crippen molar-refractivity contribution in [3.63, 3.8) is 0 Å². The highest BCUT2D eigenvalue weighted by molar-refractivity contribution is 7.80. The van der Waals surface area contributed by atoms with E-state index in [0.29, 0.717) is 21.2 Å². The van der Waals surface area contributed by atoms with E-state index in [1.165, 1.54) is 6.07 Å². The Morgan fingerprint density at radius 1 is 1.14 bits per heavy atom. The van der Waals surface area contributed by atoms with Gasteiger partial charge in [-0.3, -0.25) is 4.79 Å². The van der Waals surface area contributed by atoms with Crippen LogP contribution in [-0.2, 0) is 11.2 Å².